The van der Waals surface area contributed by atoms with Gasteiger partial charge in [0.05, 0.1) is 5.56 Å². The quantitative estimate of drug-likeness (QED) is 0.556. The van der Waals surface area contributed by atoms with E-state index in [-0.39, 0.29) is 11.7 Å². The lowest BCUT2D eigenvalue weighted by Gasteiger charge is -2.13. The molecule has 0 aliphatic heterocycles. The van der Waals surface area contributed by atoms with E-state index in [0.29, 0.717) is 21.8 Å². The van der Waals surface area contributed by atoms with E-state index in [9.17, 15) is 19.2 Å². The largest absolute Gasteiger partial charge is 0.452 e. The van der Waals surface area contributed by atoms with Gasteiger partial charge in [0.25, 0.3) is 5.91 Å². The molecule has 1 aliphatic rings. The highest BCUT2D eigenvalue weighted by molar-refractivity contribution is 7.17. The second kappa shape index (κ2) is 9.00. The number of Topliss-reactive ketones (excluding diaryl/α,β-unsaturated/α-hetero) is 1. The molecule has 2 N–H and O–H groups in total. The van der Waals surface area contributed by atoms with Crippen molar-refractivity contribution in [2.24, 2.45) is 0 Å². The predicted molar refractivity (Wildman–Crippen MR) is 111 cm³/mol. The molecule has 0 saturated heterocycles. The van der Waals surface area contributed by atoms with Gasteiger partial charge in [-0.15, -0.1) is 11.3 Å². The number of ether oxygens (including phenoxy) is 1. The van der Waals surface area contributed by atoms with Crippen LogP contribution in [0.3, 0.4) is 0 Å². The van der Waals surface area contributed by atoms with Crippen molar-refractivity contribution in [2.45, 2.75) is 39.5 Å². The van der Waals surface area contributed by atoms with Gasteiger partial charge in [-0.25, -0.2) is 4.79 Å². The van der Waals surface area contributed by atoms with E-state index in [2.05, 4.69) is 10.6 Å². The minimum absolute atomic E-state index is 0.0640. The van der Waals surface area contributed by atoms with Crippen LogP contribution in [0.5, 0.6) is 0 Å². The number of amides is 2. The van der Waals surface area contributed by atoms with Crippen LogP contribution in [0.4, 0.5) is 10.7 Å². The Kier molecular flexibility index (Phi) is 6.43. The molecule has 0 saturated carbocycles. The van der Waals surface area contributed by atoms with Gasteiger partial charge >= 0.3 is 5.97 Å². The van der Waals surface area contributed by atoms with Crippen molar-refractivity contribution >= 4 is 45.6 Å². The van der Waals surface area contributed by atoms with E-state index >= 15 is 0 Å². The highest BCUT2D eigenvalue weighted by atomic mass is 32.1. The lowest BCUT2D eigenvalue weighted by Crippen LogP contribution is -2.22. The molecular formula is C21H22N2O5S. The molecule has 3 rings (SSSR count). The highest BCUT2D eigenvalue weighted by Gasteiger charge is 2.27. The van der Waals surface area contributed by atoms with Crippen LogP contribution < -0.4 is 10.6 Å². The van der Waals surface area contributed by atoms with Crippen LogP contribution in [-0.4, -0.2) is 30.2 Å². The Morgan fingerprint density at radius 1 is 1.00 bits per heavy atom. The zero-order valence-electron chi connectivity index (χ0n) is 16.3. The summed E-state index contributed by atoms with van der Waals surface area (Å²) in [6.45, 7) is 2.40. The number of carbonyl (C=O) groups is 4. The molecule has 0 unspecified atom stereocenters. The number of rotatable bonds is 6. The van der Waals surface area contributed by atoms with E-state index < -0.39 is 18.5 Å². The first-order valence-corrected chi connectivity index (χ1v) is 10.2. The fourth-order valence-electron chi connectivity index (χ4n) is 3.22. The molecule has 0 fully saturated rings. The zero-order valence-corrected chi connectivity index (χ0v) is 17.1. The van der Waals surface area contributed by atoms with Gasteiger partial charge in [0.15, 0.2) is 12.4 Å². The number of thiophene rings is 1. The molecule has 2 amide bonds. The third-order valence-electron chi connectivity index (χ3n) is 4.57. The normalized spacial score (nSPS) is 12.6. The van der Waals surface area contributed by atoms with Gasteiger partial charge in [-0.2, -0.15) is 0 Å². The molecule has 8 heteroatoms. The van der Waals surface area contributed by atoms with Crippen molar-refractivity contribution in [1.29, 1.82) is 0 Å². The van der Waals surface area contributed by atoms with Gasteiger partial charge in [-0.1, -0.05) is 0 Å². The molecule has 1 aromatic heterocycles. The van der Waals surface area contributed by atoms with Crippen LogP contribution in [0, 0.1) is 0 Å². The standard InChI is InChI=1S/C21H22N2O5S/c1-12(24)14-7-9-15(10-8-14)23-18(26)11-28-21(27)19-16-5-3-4-6-17(16)29-20(19)22-13(2)25/h7-10H,3-6,11H2,1-2H3,(H,22,25)(H,23,26). The fourth-order valence-corrected chi connectivity index (χ4v) is 4.54. The van der Waals surface area contributed by atoms with Crippen molar-refractivity contribution in [1.82, 2.24) is 0 Å². The summed E-state index contributed by atoms with van der Waals surface area (Å²) in [5.74, 6) is -1.43. The first kappa shape index (κ1) is 20.7. The van der Waals surface area contributed by atoms with Crippen molar-refractivity contribution in [2.75, 3.05) is 17.2 Å². The Labute approximate surface area is 172 Å². The summed E-state index contributed by atoms with van der Waals surface area (Å²) in [5.41, 5.74) is 2.32. The number of ketones is 1. The molecule has 29 heavy (non-hydrogen) atoms. The number of anilines is 2. The zero-order chi connectivity index (χ0) is 21.0. The van der Waals surface area contributed by atoms with Gasteiger partial charge in [0.2, 0.25) is 5.91 Å². The number of esters is 1. The minimum atomic E-state index is -0.616. The van der Waals surface area contributed by atoms with Crippen molar-refractivity contribution in [3.63, 3.8) is 0 Å². The number of aryl methyl sites for hydroxylation is 1. The maximum Gasteiger partial charge on any atom is 0.341 e. The van der Waals surface area contributed by atoms with E-state index in [1.54, 1.807) is 24.3 Å². The van der Waals surface area contributed by atoms with E-state index in [1.807, 2.05) is 0 Å². The molecular weight excluding hydrogens is 392 g/mol. The summed E-state index contributed by atoms with van der Waals surface area (Å²) in [5, 5.41) is 5.81. The minimum Gasteiger partial charge on any atom is -0.452 e. The van der Waals surface area contributed by atoms with Crippen molar-refractivity contribution < 1.29 is 23.9 Å². The Bertz CT molecular complexity index is 962. The second-order valence-electron chi connectivity index (χ2n) is 6.85. The van der Waals surface area contributed by atoms with Crippen LogP contribution in [0.2, 0.25) is 0 Å². The second-order valence-corrected chi connectivity index (χ2v) is 7.96. The Hall–Kier alpha value is -3.00. The number of fused-ring (bicyclic) bond motifs is 1. The number of carbonyl (C=O) groups excluding carboxylic acids is 4. The Balaban J connectivity index is 1.65. The SMILES string of the molecule is CC(=O)Nc1sc2c(c1C(=O)OCC(=O)Nc1ccc(C(C)=O)cc1)CCCC2. The third kappa shape index (κ3) is 5.08. The Morgan fingerprint density at radius 2 is 1.69 bits per heavy atom. The van der Waals surface area contributed by atoms with Crippen LogP contribution in [0.15, 0.2) is 24.3 Å². The number of nitrogens with one attached hydrogen (secondary N) is 2. The van der Waals surface area contributed by atoms with Gasteiger partial charge < -0.3 is 15.4 Å². The summed E-state index contributed by atoms with van der Waals surface area (Å²) in [7, 11) is 0. The fraction of sp³-hybridized carbons (Fsp3) is 0.333. The molecule has 1 aromatic carbocycles. The maximum atomic E-state index is 12.7. The summed E-state index contributed by atoms with van der Waals surface area (Å²) in [6, 6.07) is 6.45. The molecule has 152 valence electrons. The third-order valence-corrected chi connectivity index (χ3v) is 5.78. The number of hydrogen-bond acceptors (Lipinski definition) is 6. The number of hydrogen-bond donors (Lipinski definition) is 2. The molecule has 0 spiro atoms. The van der Waals surface area contributed by atoms with E-state index in [1.165, 1.54) is 25.2 Å². The molecule has 2 aromatic rings. The van der Waals surface area contributed by atoms with Crippen LogP contribution >= 0.6 is 11.3 Å². The lowest BCUT2D eigenvalue weighted by molar-refractivity contribution is -0.119. The number of benzene rings is 1. The van der Waals surface area contributed by atoms with Crippen molar-refractivity contribution in [3.05, 3.63) is 45.8 Å². The Morgan fingerprint density at radius 3 is 2.34 bits per heavy atom. The topological polar surface area (TPSA) is 102 Å². The monoisotopic (exact) mass is 414 g/mol. The van der Waals surface area contributed by atoms with Crippen LogP contribution in [0.1, 0.15) is 57.8 Å². The molecule has 0 bridgehead atoms. The first-order valence-electron chi connectivity index (χ1n) is 9.35. The first-order chi connectivity index (χ1) is 13.8. The lowest BCUT2D eigenvalue weighted by atomic mass is 9.95. The average Bonchev–Trinajstić information content (AvgIpc) is 3.03. The maximum absolute atomic E-state index is 12.7. The average molecular weight is 414 g/mol. The molecule has 0 radical (unpaired) electrons. The van der Waals surface area contributed by atoms with Gasteiger partial charge in [0.1, 0.15) is 5.00 Å². The van der Waals surface area contributed by atoms with Crippen LogP contribution in [-0.2, 0) is 27.2 Å². The van der Waals surface area contributed by atoms with E-state index in [4.69, 9.17) is 4.74 Å². The highest BCUT2D eigenvalue weighted by Crippen LogP contribution is 2.38. The summed E-state index contributed by atoms with van der Waals surface area (Å²) in [4.78, 5) is 48.7. The predicted octanol–water partition coefficient (Wildman–Crippen LogP) is 3.58. The molecule has 0 atom stereocenters. The smallest absolute Gasteiger partial charge is 0.341 e. The molecule has 1 heterocycles. The molecule has 1 aliphatic carbocycles. The van der Waals surface area contributed by atoms with E-state index in [0.717, 1.165) is 36.1 Å². The summed E-state index contributed by atoms with van der Waals surface area (Å²) in [6.07, 6.45) is 3.65. The molecule has 7 nitrogen and oxygen atoms in total. The van der Waals surface area contributed by atoms with Crippen molar-refractivity contribution in [3.8, 4) is 0 Å². The summed E-state index contributed by atoms with van der Waals surface area (Å²) >= 11 is 1.40. The van der Waals surface area contributed by atoms with Gasteiger partial charge in [-0.3, -0.25) is 14.4 Å². The summed E-state index contributed by atoms with van der Waals surface area (Å²) < 4.78 is 5.22. The van der Waals surface area contributed by atoms with Gasteiger partial charge in [-0.05, 0) is 62.4 Å². The van der Waals surface area contributed by atoms with Crippen LogP contribution in [0.25, 0.3) is 0 Å². The van der Waals surface area contributed by atoms with Gasteiger partial charge in [0, 0.05) is 23.1 Å².